The highest BCUT2D eigenvalue weighted by molar-refractivity contribution is 5.83. The molecule has 1 heterocycles. The second-order valence-corrected chi connectivity index (χ2v) is 5.28. The Labute approximate surface area is 117 Å². The molecular formula is C16H17NO3. The quantitative estimate of drug-likeness (QED) is 0.775. The molecule has 20 heavy (non-hydrogen) atoms. The number of ether oxygens (including phenoxy) is 1. The van der Waals surface area contributed by atoms with Crippen molar-refractivity contribution in [2.24, 2.45) is 0 Å². The van der Waals surface area contributed by atoms with Gasteiger partial charge in [0.25, 0.3) is 0 Å². The van der Waals surface area contributed by atoms with Crippen LogP contribution in [0.1, 0.15) is 11.1 Å². The Balaban J connectivity index is 2.05. The molecule has 0 aliphatic carbocycles. The van der Waals surface area contributed by atoms with Crippen molar-refractivity contribution in [1.82, 2.24) is 0 Å². The van der Waals surface area contributed by atoms with Gasteiger partial charge in [-0.15, -0.1) is 0 Å². The molecule has 0 bridgehead atoms. The summed E-state index contributed by atoms with van der Waals surface area (Å²) in [5.41, 5.74) is 3.57. The van der Waals surface area contributed by atoms with E-state index >= 15 is 0 Å². The van der Waals surface area contributed by atoms with Gasteiger partial charge < -0.3 is 9.64 Å². The molecule has 0 amide bonds. The summed E-state index contributed by atoms with van der Waals surface area (Å²) in [6.45, 7) is 6.59. The van der Waals surface area contributed by atoms with Gasteiger partial charge in [0.15, 0.2) is 0 Å². The molecule has 1 fully saturated rings. The van der Waals surface area contributed by atoms with E-state index in [-0.39, 0.29) is 10.9 Å². The van der Waals surface area contributed by atoms with Crippen LogP contribution in [0.5, 0.6) is 0 Å². The Morgan fingerprint density at radius 3 is 2.35 bits per heavy atom. The average molecular weight is 271 g/mol. The highest BCUT2D eigenvalue weighted by Crippen LogP contribution is 2.28. The van der Waals surface area contributed by atoms with Crippen molar-refractivity contribution >= 4 is 5.69 Å². The van der Waals surface area contributed by atoms with E-state index in [0.717, 1.165) is 11.1 Å². The van der Waals surface area contributed by atoms with Gasteiger partial charge in [-0.1, -0.05) is 18.2 Å². The summed E-state index contributed by atoms with van der Waals surface area (Å²) in [5, 5.41) is 0. The SMILES string of the molecule is Cc1ccc(-c2c(N3CCOCC3)c(=O)c2=O)cc1C. The van der Waals surface area contributed by atoms with Gasteiger partial charge in [-0.05, 0) is 30.5 Å². The van der Waals surface area contributed by atoms with Crippen molar-refractivity contribution in [2.45, 2.75) is 13.8 Å². The predicted molar refractivity (Wildman–Crippen MR) is 79.3 cm³/mol. The van der Waals surface area contributed by atoms with E-state index in [1.807, 2.05) is 36.9 Å². The van der Waals surface area contributed by atoms with E-state index in [1.54, 1.807) is 0 Å². The number of aryl methyl sites for hydroxylation is 2. The number of benzene rings is 1. The third-order valence-electron chi connectivity index (χ3n) is 4.01. The van der Waals surface area contributed by atoms with Crippen molar-refractivity contribution in [3.63, 3.8) is 0 Å². The maximum absolute atomic E-state index is 11.9. The van der Waals surface area contributed by atoms with E-state index in [4.69, 9.17) is 4.74 Å². The van der Waals surface area contributed by atoms with E-state index in [2.05, 4.69) is 0 Å². The lowest BCUT2D eigenvalue weighted by Crippen LogP contribution is -2.46. The Morgan fingerprint density at radius 1 is 1.00 bits per heavy atom. The molecular weight excluding hydrogens is 254 g/mol. The van der Waals surface area contributed by atoms with Gasteiger partial charge in [0.05, 0.1) is 18.8 Å². The molecule has 4 heteroatoms. The van der Waals surface area contributed by atoms with E-state index in [0.29, 0.717) is 37.6 Å². The van der Waals surface area contributed by atoms with Crippen LogP contribution in [0.3, 0.4) is 0 Å². The van der Waals surface area contributed by atoms with Crippen LogP contribution in [0.15, 0.2) is 27.8 Å². The summed E-state index contributed by atoms with van der Waals surface area (Å²) < 4.78 is 5.30. The number of anilines is 1. The van der Waals surface area contributed by atoms with Gasteiger partial charge in [-0.25, -0.2) is 0 Å². The van der Waals surface area contributed by atoms with Crippen LogP contribution in [0.4, 0.5) is 5.69 Å². The molecule has 0 unspecified atom stereocenters. The number of hydrogen-bond donors (Lipinski definition) is 0. The van der Waals surface area contributed by atoms with Crippen molar-refractivity contribution < 1.29 is 4.74 Å². The second-order valence-electron chi connectivity index (χ2n) is 5.28. The largest absolute Gasteiger partial charge is 0.378 e. The lowest BCUT2D eigenvalue weighted by atomic mass is 9.94. The lowest BCUT2D eigenvalue weighted by Gasteiger charge is -2.31. The molecule has 2 aromatic carbocycles. The zero-order valence-electron chi connectivity index (χ0n) is 11.7. The fourth-order valence-electron chi connectivity index (χ4n) is 2.63. The maximum Gasteiger partial charge on any atom is 0.250 e. The van der Waals surface area contributed by atoms with Crippen molar-refractivity contribution in [3.8, 4) is 11.1 Å². The molecule has 0 radical (unpaired) electrons. The molecule has 3 rings (SSSR count). The zero-order valence-corrected chi connectivity index (χ0v) is 11.7. The molecule has 104 valence electrons. The van der Waals surface area contributed by atoms with Crippen LogP contribution < -0.4 is 15.8 Å². The summed E-state index contributed by atoms with van der Waals surface area (Å²) in [6, 6.07) is 5.89. The number of nitrogens with zero attached hydrogens (tertiary/aromatic N) is 1. The van der Waals surface area contributed by atoms with E-state index in [9.17, 15) is 9.59 Å². The third kappa shape index (κ3) is 1.96. The minimum atomic E-state index is -0.366. The number of rotatable bonds is 2. The topological polar surface area (TPSA) is 46.6 Å². The third-order valence-corrected chi connectivity index (χ3v) is 4.01. The molecule has 1 aliphatic rings. The predicted octanol–water partition coefficient (Wildman–Crippen LogP) is 1.40. The van der Waals surface area contributed by atoms with Gasteiger partial charge in [0.2, 0.25) is 10.9 Å². The summed E-state index contributed by atoms with van der Waals surface area (Å²) >= 11 is 0. The zero-order chi connectivity index (χ0) is 14.3. The average Bonchev–Trinajstić information content (AvgIpc) is 2.47. The van der Waals surface area contributed by atoms with Gasteiger partial charge in [-0.3, -0.25) is 9.59 Å². The molecule has 2 aromatic rings. The Bertz CT molecular complexity index is 720. The van der Waals surface area contributed by atoms with E-state index in [1.165, 1.54) is 5.56 Å². The van der Waals surface area contributed by atoms with Crippen LogP contribution in [0, 0.1) is 13.8 Å². The smallest absolute Gasteiger partial charge is 0.250 e. The molecule has 0 N–H and O–H groups in total. The van der Waals surface area contributed by atoms with Gasteiger partial charge >= 0.3 is 0 Å². The first-order chi connectivity index (χ1) is 9.59. The van der Waals surface area contributed by atoms with Crippen LogP contribution >= 0.6 is 0 Å². The minimum absolute atomic E-state index is 0.361. The van der Waals surface area contributed by atoms with Crippen LogP contribution in [0.2, 0.25) is 0 Å². The second kappa shape index (κ2) is 4.87. The molecule has 0 aromatic heterocycles. The molecule has 4 nitrogen and oxygen atoms in total. The molecule has 0 saturated carbocycles. The normalized spacial score (nSPS) is 15.8. The Hall–Kier alpha value is -1.94. The maximum atomic E-state index is 11.9. The van der Waals surface area contributed by atoms with Crippen molar-refractivity contribution in [1.29, 1.82) is 0 Å². The highest BCUT2D eigenvalue weighted by atomic mass is 16.5. The minimum Gasteiger partial charge on any atom is -0.378 e. The molecule has 1 saturated heterocycles. The fourth-order valence-corrected chi connectivity index (χ4v) is 2.63. The summed E-state index contributed by atoms with van der Waals surface area (Å²) in [4.78, 5) is 25.8. The Kier molecular flexibility index (Phi) is 3.18. The monoisotopic (exact) mass is 271 g/mol. The summed E-state index contributed by atoms with van der Waals surface area (Å²) in [5.74, 6) is 0. The van der Waals surface area contributed by atoms with Crippen LogP contribution in [-0.2, 0) is 4.74 Å². The first-order valence-corrected chi connectivity index (χ1v) is 6.83. The van der Waals surface area contributed by atoms with Crippen LogP contribution in [0.25, 0.3) is 11.1 Å². The Morgan fingerprint density at radius 2 is 1.70 bits per heavy atom. The lowest BCUT2D eigenvalue weighted by molar-refractivity contribution is 0.122. The molecule has 1 aliphatic heterocycles. The number of hydrogen-bond acceptors (Lipinski definition) is 4. The molecule has 0 atom stereocenters. The van der Waals surface area contributed by atoms with Crippen molar-refractivity contribution in [3.05, 3.63) is 49.8 Å². The summed E-state index contributed by atoms with van der Waals surface area (Å²) in [7, 11) is 0. The van der Waals surface area contributed by atoms with Gasteiger partial charge in [0, 0.05) is 13.1 Å². The molecule has 0 spiro atoms. The van der Waals surface area contributed by atoms with Crippen molar-refractivity contribution in [2.75, 3.05) is 31.2 Å². The van der Waals surface area contributed by atoms with Gasteiger partial charge in [0.1, 0.15) is 5.69 Å². The standard InChI is InChI=1S/C16H17NO3/c1-10-3-4-12(9-11(10)2)13-14(16(19)15(13)18)17-5-7-20-8-6-17/h3-4,9H,5-8H2,1-2H3. The summed E-state index contributed by atoms with van der Waals surface area (Å²) in [6.07, 6.45) is 0. The van der Waals surface area contributed by atoms with Gasteiger partial charge in [-0.2, -0.15) is 0 Å². The fraction of sp³-hybridized carbons (Fsp3) is 0.375. The highest BCUT2D eigenvalue weighted by Gasteiger charge is 2.27. The number of morpholine rings is 1. The first-order valence-electron chi connectivity index (χ1n) is 6.83. The van der Waals surface area contributed by atoms with Crippen LogP contribution in [-0.4, -0.2) is 26.3 Å². The van der Waals surface area contributed by atoms with E-state index < -0.39 is 0 Å². The first kappa shape index (κ1) is 13.1.